The highest BCUT2D eigenvalue weighted by Crippen LogP contribution is 2.72. The molecule has 1 aromatic carbocycles. The molecule has 6 aliphatic carbocycles. The van der Waals surface area contributed by atoms with Gasteiger partial charge in [-0.3, -0.25) is 24.0 Å². The molecule has 10 nitrogen and oxygen atoms in total. The number of hydrogen-bond acceptors (Lipinski definition) is 7. The predicted molar refractivity (Wildman–Crippen MR) is 236 cm³/mol. The van der Waals surface area contributed by atoms with Gasteiger partial charge in [-0.1, -0.05) is 58.7 Å². The minimum Gasteiger partial charge on any atom is -0.481 e. The van der Waals surface area contributed by atoms with Gasteiger partial charge in [0, 0.05) is 54.3 Å². The van der Waals surface area contributed by atoms with Gasteiger partial charge in [0.2, 0.25) is 5.91 Å². The van der Waals surface area contributed by atoms with Crippen molar-refractivity contribution < 1.29 is 29.1 Å². The largest absolute Gasteiger partial charge is 0.481 e. The van der Waals surface area contributed by atoms with Crippen LogP contribution in [-0.2, 0) is 19.2 Å². The molecule has 2 amide bonds. The van der Waals surface area contributed by atoms with Crippen LogP contribution < -0.4 is 22.1 Å². The number of fused-ring (bicyclic) bond motifs is 7. The van der Waals surface area contributed by atoms with Gasteiger partial charge < -0.3 is 27.2 Å². The molecule has 0 aromatic heterocycles. The van der Waals surface area contributed by atoms with Gasteiger partial charge in [-0.15, -0.1) is 0 Å². The molecule has 7 rings (SSSR count). The predicted octanol–water partition coefficient (Wildman–Crippen LogP) is 8.00. The summed E-state index contributed by atoms with van der Waals surface area (Å²) < 4.78 is 0. The van der Waals surface area contributed by atoms with Gasteiger partial charge in [-0.25, -0.2) is 0 Å². The Morgan fingerprint density at radius 2 is 1.55 bits per heavy atom. The van der Waals surface area contributed by atoms with Gasteiger partial charge in [-0.05, 0) is 160 Å². The number of amides is 2. The van der Waals surface area contributed by atoms with E-state index in [9.17, 15) is 29.1 Å². The van der Waals surface area contributed by atoms with E-state index in [0.29, 0.717) is 59.4 Å². The highest BCUT2D eigenvalue weighted by Gasteiger charge is 2.65. The maximum Gasteiger partial charge on any atom is 0.306 e. The molecule has 0 saturated heterocycles. The normalized spacial score (nSPS) is 37.8. The Morgan fingerprint density at radius 1 is 0.917 bits per heavy atom. The summed E-state index contributed by atoms with van der Waals surface area (Å²) in [6.45, 7) is 15.9. The topological polar surface area (TPSA) is 182 Å². The fraction of sp³-hybridized carbons (Fsp3) is 0.735. The Balaban J connectivity index is 0.00000297. The number of Topliss-reactive ketones (excluding diaryl/α,β-unsaturated/α-hetero) is 2. The van der Waals surface area contributed by atoms with Crippen LogP contribution in [-0.4, -0.2) is 60.1 Å². The van der Waals surface area contributed by atoms with Gasteiger partial charge in [0.05, 0.1) is 11.5 Å². The van der Waals surface area contributed by atoms with E-state index in [2.05, 4.69) is 51.0 Å². The summed E-state index contributed by atoms with van der Waals surface area (Å²) >= 11 is 6.02. The Hall–Kier alpha value is -3.08. The van der Waals surface area contributed by atoms with Crippen molar-refractivity contribution in [1.29, 1.82) is 0 Å². The van der Waals surface area contributed by atoms with Crippen LogP contribution in [0.25, 0.3) is 0 Å². The number of carbonyl (C=O) groups excluding carboxylic acids is 4. The Bertz CT molecular complexity index is 1860. The third-order valence-electron chi connectivity index (χ3n) is 17.6. The summed E-state index contributed by atoms with van der Waals surface area (Å²) in [4.78, 5) is 66.2. The second-order valence-electron chi connectivity index (χ2n) is 21.1. The number of carbonyl (C=O) groups is 5. The molecule has 332 valence electrons. The Labute approximate surface area is 363 Å². The lowest BCUT2D eigenvalue weighted by molar-refractivity contribution is -0.173. The quantitative estimate of drug-likeness (QED) is 0.140. The zero-order valence-electron chi connectivity index (χ0n) is 37.5. The summed E-state index contributed by atoms with van der Waals surface area (Å²) in [7, 11) is 1.50. The Morgan fingerprint density at radius 3 is 2.17 bits per heavy atom. The molecule has 13 atom stereocenters. The molecule has 13 unspecified atom stereocenters. The summed E-state index contributed by atoms with van der Waals surface area (Å²) in [5, 5.41) is 16.2. The molecule has 60 heavy (non-hydrogen) atoms. The van der Waals surface area contributed by atoms with Crippen LogP contribution in [0.4, 0.5) is 0 Å². The van der Waals surface area contributed by atoms with Crippen molar-refractivity contribution in [3.8, 4) is 0 Å². The highest BCUT2D eigenvalue weighted by molar-refractivity contribution is 6.30. The summed E-state index contributed by atoms with van der Waals surface area (Å²) in [6.07, 6.45) is 10.2. The van der Waals surface area contributed by atoms with E-state index >= 15 is 0 Å². The molecule has 11 heteroatoms. The molecule has 5 fully saturated rings. The lowest BCUT2D eigenvalue weighted by Crippen LogP contribution is -2.60. The molecule has 1 aromatic rings. The van der Waals surface area contributed by atoms with E-state index in [1.807, 2.05) is 13.8 Å². The van der Waals surface area contributed by atoms with Crippen molar-refractivity contribution in [3.05, 3.63) is 46.0 Å². The minimum absolute atomic E-state index is 0.0719. The summed E-state index contributed by atoms with van der Waals surface area (Å²) in [5.41, 5.74) is 12.3. The number of ketones is 2. The number of allylic oxidation sites excluding steroid dienone is 2. The number of rotatable bonds is 12. The lowest BCUT2D eigenvalue weighted by Gasteiger charge is -2.67. The smallest absolute Gasteiger partial charge is 0.306 e. The highest BCUT2D eigenvalue weighted by atomic mass is 35.5. The number of halogens is 1. The van der Waals surface area contributed by atoms with Crippen LogP contribution in [0.3, 0.4) is 0 Å². The third kappa shape index (κ3) is 8.16. The van der Waals surface area contributed by atoms with E-state index < -0.39 is 16.9 Å². The van der Waals surface area contributed by atoms with Crippen LogP contribution in [0.5, 0.6) is 0 Å². The van der Waals surface area contributed by atoms with E-state index in [4.69, 9.17) is 17.3 Å². The van der Waals surface area contributed by atoms with Gasteiger partial charge in [0.15, 0.2) is 5.78 Å². The molecular formula is C49H73ClN4O6. The van der Waals surface area contributed by atoms with Crippen molar-refractivity contribution in [2.75, 3.05) is 20.1 Å². The number of benzene rings is 1. The monoisotopic (exact) mass is 849 g/mol. The van der Waals surface area contributed by atoms with Crippen LogP contribution >= 0.6 is 11.6 Å². The zero-order chi connectivity index (χ0) is 44.1. The first-order chi connectivity index (χ1) is 28.3. The average Bonchev–Trinajstić information content (AvgIpc) is 3.50. The number of hydrogen-bond donors (Lipinski definition) is 5. The maximum atomic E-state index is 14.0. The first-order valence-corrected chi connectivity index (χ1v) is 23.3. The summed E-state index contributed by atoms with van der Waals surface area (Å²) in [6, 6.07) is 6.65. The summed E-state index contributed by atoms with van der Waals surface area (Å²) in [5.74, 6) is 1.50. The fourth-order valence-electron chi connectivity index (χ4n) is 14.4. The van der Waals surface area contributed by atoms with Gasteiger partial charge in [-0.2, -0.15) is 0 Å². The van der Waals surface area contributed by atoms with E-state index in [-0.39, 0.29) is 83.3 Å². The van der Waals surface area contributed by atoms with Crippen LogP contribution in [0, 0.1) is 75.4 Å². The third-order valence-corrected chi connectivity index (χ3v) is 17.9. The molecule has 7 N–H and O–H groups in total. The number of nitrogens with one attached hydrogen (secondary N) is 2. The molecule has 0 spiro atoms. The van der Waals surface area contributed by atoms with Crippen LogP contribution in [0.1, 0.15) is 136 Å². The van der Waals surface area contributed by atoms with Crippen molar-refractivity contribution >= 4 is 41.0 Å². The van der Waals surface area contributed by atoms with Crippen molar-refractivity contribution in [2.24, 2.45) is 86.9 Å². The molecule has 0 radical (unpaired) electrons. The average molecular weight is 850 g/mol. The molecular weight excluding hydrogens is 776 g/mol. The van der Waals surface area contributed by atoms with Crippen LogP contribution in [0.2, 0.25) is 5.02 Å². The van der Waals surface area contributed by atoms with Gasteiger partial charge in [0.1, 0.15) is 5.78 Å². The van der Waals surface area contributed by atoms with Crippen molar-refractivity contribution in [2.45, 2.75) is 131 Å². The molecule has 0 aliphatic heterocycles. The number of carboxylic acid groups (broad SMARTS) is 1. The molecule has 0 heterocycles. The molecule has 5 saturated carbocycles. The first-order valence-electron chi connectivity index (χ1n) is 22.9. The van der Waals surface area contributed by atoms with Crippen LogP contribution in [0.15, 0.2) is 35.4 Å². The van der Waals surface area contributed by atoms with E-state index in [0.717, 1.165) is 56.9 Å². The maximum absolute atomic E-state index is 14.0. The number of carboxylic acids is 1. The second kappa shape index (κ2) is 17.6. The zero-order valence-corrected chi connectivity index (χ0v) is 38.3. The minimum atomic E-state index is -0.871. The fourth-order valence-corrected chi connectivity index (χ4v) is 14.5. The van der Waals surface area contributed by atoms with Gasteiger partial charge >= 0.3 is 5.97 Å². The lowest BCUT2D eigenvalue weighted by atomic mass is 9.37. The molecule has 6 aliphatic rings. The van der Waals surface area contributed by atoms with Crippen molar-refractivity contribution in [3.63, 3.8) is 0 Å². The Kier molecular flexibility index (Phi) is 13.6. The van der Waals surface area contributed by atoms with Gasteiger partial charge in [0.25, 0.3) is 5.91 Å². The number of aliphatic carboxylic acids is 1. The SMILES string of the molecule is CC(C)C1=C2C3CCC4C(C)(CCC5C(C)C(CC(=O)C6CC(C(=O)O)C6C)CCC54C)C3CCC2(CC(=O)NCC(C)(CN)NC(=O)c2ccc(Cl)cc2)CC1=O.CN. The number of nitrogens with two attached hydrogens (primary N) is 2. The van der Waals surface area contributed by atoms with Crippen molar-refractivity contribution in [1.82, 2.24) is 10.6 Å². The van der Waals surface area contributed by atoms with E-state index in [1.54, 1.807) is 24.3 Å². The first kappa shape index (κ1) is 46.4. The second-order valence-corrected chi connectivity index (χ2v) is 21.5. The standard InChI is InChI=1S/C48H68ClN3O6.CH5N/c1-26(2)41-38(54)22-48(23-40(55)51-25-45(5,24-50)52-43(56)29-8-10-31(49)11-9-29)19-16-36-32(42(41)48)12-13-39-46(6)17-14-30(27(3)35(46)15-18-47(36,39)7)20-37(53)33-21-34(28(33)4)44(57)58;1-2/h8-11,26-28,30,32-36,39H,12-25,50H2,1-7H3,(H,51,55)(H,52,56)(H,57,58);2H2,1H3. The molecule has 0 bridgehead atoms. The van der Waals surface area contributed by atoms with E-state index in [1.165, 1.54) is 12.6 Å².